The number of methoxy groups -OCH3 is 1. The Kier molecular flexibility index (Phi) is 4.42. The first-order chi connectivity index (χ1) is 10.8. The number of imidazole rings is 1. The van der Waals surface area contributed by atoms with Gasteiger partial charge >= 0.3 is 0 Å². The van der Waals surface area contributed by atoms with Gasteiger partial charge in [-0.15, -0.1) is 0 Å². The number of ether oxygens (including phenoxy) is 1. The summed E-state index contributed by atoms with van der Waals surface area (Å²) in [4.78, 5) is 4.82. The van der Waals surface area contributed by atoms with Gasteiger partial charge in [0.25, 0.3) is 0 Å². The van der Waals surface area contributed by atoms with Gasteiger partial charge in [-0.25, -0.2) is 4.98 Å². The van der Waals surface area contributed by atoms with Crippen LogP contribution in [0.15, 0.2) is 48.5 Å². The summed E-state index contributed by atoms with van der Waals surface area (Å²) in [6, 6.07) is 16.7. The Bertz CT molecular complexity index is 744. The van der Waals surface area contributed by atoms with E-state index in [1.807, 2.05) is 12.1 Å². The van der Waals surface area contributed by atoms with Crippen molar-refractivity contribution in [1.82, 2.24) is 9.55 Å². The van der Waals surface area contributed by atoms with Gasteiger partial charge < -0.3 is 9.30 Å². The molecule has 2 aromatic carbocycles. The van der Waals surface area contributed by atoms with Gasteiger partial charge in [0.2, 0.25) is 0 Å². The fourth-order valence-electron chi connectivity index (χ4n) is 2.74. The molecule has 0 N–H and O–H groups in total. The lowest BCUT2D eigenvalue weighted by Crippen LogP contribution is -2.05. The maximum absolute atomic E-state index is 5.23. The highest BCUT2D eigenvalue weighted by atomic mass is 16.5. The van der Waals surface area contributed by atoms with Gasteiger partial charge in [0.15, 0.2) is 0 Å². The van der Waals surface area contributed by atoms with E-state index in [2.05, 4.69) is 47.9 Å². The third-order valence-corrected chi connectivity index (χ3v) is 3.99. The van der Waals surface area contributed by atoms with Crippen molar-refractivity contribution in [3.8, 4) is 5.75 Å². The van der Waals surface area contributed by atoms with Crippen molar-refractivity contribution >= 4 is 11.0 Å². The minimum Gasteiger partial charge on any atom is -0.497 e. The lowest BCUT2D eigenvalue weighted by molar-refractivity contribution is 0.414. The van der Waals surface area contributed by atoms with Gasteiger partial charge in [0, 0.05) is 13.0 Å². The molecule has 0 amide bonds. The number of fused-ring (bicyclic) bond motifs is 1. The molecule has 3 aromatic rings. The molecule has 0 saturated carbocycles. The lowest BCUT2D eigenvalue weighted by Gasteiger charge is -2.10. The number of hydrogen-bond acceptors (Lipinski definition) is 2. The molecule has 1 aromatic heterocycles. The molecule has 3 rings (SSSR count). The fourth-order valence-corrected chi connectivity index (χ4v) is 2.74. The second-order valence-corrected chi connectivity index (χ2v) is 5.55. The largest absolute Gasteiger partial charge is 0.497 e. The van der Waals surface area contributed by atoms with Crippen LogP contribution in [0.2, 0.25) is 0 Å². The summed E-state index contributed by atoms with van der Waals surface area (Å²) >= 11 is 0. The number of para-hydroxylation sites is 2. The molecule has 0 saturated heterocycles. The van der Waals surface area contributed by atoms with Crippen LogP contribution >= 0.6 is 0 Å². The van der Waals surface area contributed by atoms with Crippen LogP contribution in [0.1, 0.15) is 31.2 Å². The minimum absolute atomic E-state index is 0.851. The summed E-state index contributed by atoms with van der Waals surface area (Å²) < 4.78 is 7.57. The second kappa shape index (κ2) is 6.65. The molecule has 0 aliphatic heterocycles. The van der Waals surface area contributed by atoms with Crippen molar-refractivity contribution in [3.63, 3.8) is 0 Å². The second-order valence-electron chi connectivity index (χ2n) is 5.55. The van der Waals surface area contributed by atoms with E-state index in [0.717, 1.165) is 24.2 Å². The van der Waals surface area contributed by atoms with Crippen LogP contribution in [-0.2, 0) is 13.0 Å². The monoisotopic (exact) mass is 294 g/mol. The normalized spacial score (nSPS) is 11.0. The minimum atomic E-state index is 0.851. The standard InChI is InChI=1S/C19H22N2O/c1-3-4-9-19-20-17-7-5-6-8-18(17)21(19)14-15-10-12-16(22-2)13-11-15/h5-8,10-13H,3-4,9,14H2,1-2H3. The molecule has 0 spiro atoms. The van der Waals surface area contributed by atoms with Crippen molar-refractivity contribution in [2.45, 2.75) is 32.7 Å². The number of unbranched alkanes of at least 4 members (excludes halogenated alkanes) is 1. The quantitative estimate of drug-likeness (QED) is 0.672. The average Bonchev–Trinajstić information content (AvgIpc) is 2.91. The van der Waals surface area contributed by atoms with Crippen molar-refractivity contribution < 1.29 is 4.74 Å². The van der Waals surface area contributed by atoms with E-state index in [1.54, 1.807) is 7.11 Å². The van der Waals surface area contributed by atoms with Gasteiger partial charge in [-0.2, -0.15) is 0 Å². The van der Waals surface area contributed by atoms with Crippen molar-refractivity contribution in [3.05, 3.63) is 59.9 Å². The Morgan fingerprint density at radius 2 is 1.82 bits per heavy atom. The summed E-state index contributed by atoms with van der Waals surface area (Å²) in [7, 11) is 1.70. The maximum Gasteiger partial charge on any atom is 0.118 e. The topological polar surface area (TPSA) is 27.1 Å². The van der Waals surface area contributed by atoms with Gasteiger partial charge in [0.1, 0.15) is 11.6 Å². The highest BCUT2D eigenvalue weighted by molar-refractivity contribution is 5.76. The Morgan fingerprint density at radius 1 is 1.05 bits per heavy atom. The number of hydrogen-bond donors (Lipinski definition) is 0. The zero-order chi connectivity index (χ0) is 15.4. The molecule has 22 heavy (non-hydrogen) atoms. The first-order valence-electron chi connectivity index (χ1n) is 7.89. The molecule has 3 nitrogen and oxygen atoms in total. The van der Waals surface area contributed by atoms with Crippen LogP contribution in [0.5, 0.6) is 5.75 Å². The van der Waals surface area contributed by atoms with E-state index >= 15 is 0 Å². The number of nitrogens with zero attached hydrogens (tertiary/aromatic N) is 2. The summed E-state index contributed by atoms with van der Waals surface area (Å²) in [6.07, 6.45) is 3.39. The predicted octanol–water partition coefficient (Wildman–Crippen LogP) is 4.44. The molecule has 0 unspecified atom stereocenters. The number of benzene rings is 2. The third-order valence-electron chi connectivity index (χ3n) is 3.99. The van der Waals surface area contributed by atoms with Crippen LogP contribution in [0, 0.1) is 0 Å². The van der Waals surface area contributed by atoms with Gasteiger partial charge in [-0.3, -0.25) is 0 Å². The van der Waals surface area contributed by atoms with E-state index in [4.69, 9.17) is 9.72 Å². The summed E-state index contributed by atoms with van der Waals surface area (Å²) in [5.41, 5.74) is 3.56. The lowest BCUT2D eigenvalue weighted by atomic mass is 10.2. The van der Waals surface area contributed by atoms with Crippen LogP contribution in [0.4, 0.5) is 0 Å². The van der Waals surface area contributed by atoms with E-state index in [0.29, 0.717) is 0 Å². The molecule has 0 aliphatic carbocycles. The summed E-state index contributed by atoms with van der Waals surface area (Å²) in [5.74, 6) is 2.07. The Hall–Kier alpha value is -2.29. The van der Waals surface area contributed by atoms with Gasteiger partial charge in [-0.1, -0.05) is 37.6 Å². The molecule has 0 radical (unpaired) electrons. The molecule has 0 fully saturated rings. The maximum atomic E-state index is 5.23. The predicted molar refractivity (Wildman–Crippen MR) is 90.4 cm³/mol. The first kappa shape index (κ1) is 14.6. The van der Waals surface area contributed by atoms with Crippen LogP contribution < -0.4 is 4.74 Å². The van der Waals surface area contributed by atoms with Crippen LogP contribution in [-0.4, -0.2) is 16.7 Å². The Balaban J connectivity index is 1.95. The molecule has 0 bridgehead atoms. The Morgan fingerprint density at radius 3 is 2.55 bits per heavy atom. The van der Waals surface area contributed by atoms with E-state index in [9.17, 15) is 0 Å². The summed E-state index contributed by atoms with van der Waals surface area (Å²) in [5, 5.41) is 0. The SMILES string of the molecule is CCCCc1nc2ccccc2n1Cc1ccc(OC)cc1. The Labute approximate surface area is 131 Å². The third kappa shape index (κ3) is 2.98. The van der Waals surface area contributed by atoms with Crippen molar-refractivity contribution in [2.24, 2.45) is 0 Å². The zero-order valence-corrected chi connectivity index (χ0v) is 13.2. The van der Waals surface area contributed by atoms with Crippen molar-refractivity contribution in [1.29, 1.82) is 0 Å². The molecule has 3 heteroatoms. The van der Waals surface area contributed by atoms with Gasteiger partial charge in [-0.05, 0) is 36.2 Å². The number of rotatable bonds is 6. The van der Waals surface area contributed by atoms with Crippen molar-refractivity contribution in [2.75, 3.05) is 7.11 Å². The van der Waals surface area contributed by atoms with Crippen LogP contribution in [0.3, 0.4) is 0 Å². The highest BCUT2D eigenvalue weighted by Gasteiger charge is 2.10. The highest BCUT2D eigenvalue weighted by Crippen LogP contribution is 2.20. The molecule has 0 atom stereocenters. The molecule has 0 aliphatic rings. The number of aromatic nitrogens is 2. The summed E-state index contributed by atoms with van der Waals surface area (Å²) in [6.45, 7) is 3.07. The number of aryl methyl sites for hydroxylation is 1. The van der Waals surface area contributed by atoms with Crippen LogP contribution in [0.25, 0.3) is 11.0 Å². The first-order valence-corrected chi connectivity index (χ1v) is 7.89. The molecular weight excluding hydrogens is 272 g/mol. The molecule has 1 heterocycles. The fraction of sp³-hybridized carbons (Fsp3) is 0.316. The average molecular weight is 294 g/mol. The molecular formula is C19H22N2O. The smallest absolute Gasteiger partial charge is 0.118 e. The molecule has 114 valence electrons. The van der Waals surface area contributed by atoms with Gasteiger partial charge in [0.05, 0.1) is 18.1 Å². The zero-order valence-electron chi connectivity index (χ0n) is 13.2. The van der Waals surface area contributed by atoms with E-state index in [1.165, 1.54) is 29.7 Å². The van der Waals surface area contributed by atoms with E-state index in [-0.39, 0.29) is 0 Å². The van der Waals surface area contributed by atoms with E-state index < -0.39 is 0 Å².